The molecule has 1 heterocycles. The molecule has 0 aromatic heterocycles. The summed E-state index contributed by atoms with van der Waals surface area (Å²) in [5.74, 6) is 4.23. The molecule has 4 nitrogen and oxygen atoms in total. The van der Waals surface area contributed by atoms with Crippen LogP contribution in [0.5, 0.6) is 5.75 Å². The van der Waals surface area contributed by atoms with Crippen molar-refractivity contribution < 1.29 is 4.74 Å². The molecule has 0 atom stereocenters. The van der Waals surface area contributed by atoms with E-state index >= 15 is 0 Å². The second-order valence-corrected chi connectivity index (χ2v) is 4.08. The van der Waals surface area contributed by atoms with Crippen molar-refractivity contribution >= 4 is 5.96 Å². The highest BCUT2D eigenvalue weighted by atomic mass is 16.5. The van der Waals surface area contributed by atoms with Crippen molar-refractivity contribution in [1.82, 2.24) is 10.2 Å². The minimum absolute atomic E-state index is 0.290. The summed E-state index contributed by atoms with van der Waals surface area (Å²) in [5, 5.41) is 3.31. The first-order valence-corrected chi connectivity index (χ1v) is 5.95. The fraction of sp³-hybridized carbons (Fsp3) is 0.357. The molecule has 94 valence electrons. The summed E-state index contributed by atoms with van der Waals surface area (Å²) in [6.45, 7) is 2.80. The number of hydrogen-bond acceptors (Lipinski definition) is 4. The molecule has 0 amide bonds. The zero-order valence-electron chi connectivity index (χ0n) is 10.5. The molecule has 2 rings (SSSR count). The molecule has 0 radical (unpaired) electrons. The lowest BCUT2D eigenvalue weighted by Crippen LogP contribution is -2.35. The Bertz CT molecular complexity index is 476. The summed E-state index contributed by atoms with van der Waals surface area (Å²) in [5.41, 5.74) is 1.08. The molecule has 1 aromatic rings. The Morgan fingerprint density at radius 3 is 3.06 bits per heavy atom. The first-order chi connectivity index (χ1) is 8.81. The molecule has 0 spiro atoms. The van der Waals surface area contributed by atoms with E-state index in [4.69, 9.17) is 11.2 Å². The number of aliphatic imine (C=N–C) groups is 1. The Kier molecular flexibility index (Phi) is 4.08. The third-order valence-corrected chi connectivity index (χ3v) is 2.78. The minimum atomic E-state index is 0.290. The van der Waals surface area contributed by atoms with Crippen LogP contribution in [0.15, 0.2) is 29.3 Å². The lowest BCUT2D eigenvalue weighted by atomic mass is 10.2. The van der Waals surface area contributed by atoms with E-state index in [1.807, 2.05) is 31.3 Å². The topological polar surface area (TPSA) is 36.9 Å². The lowest BCUT2D eigenvalue weighted by molar-refractivity contribution is 0.365. The van der Waals surface area contributed by atoms with Crippen molar-refractivity contribution in [3.8, 4) is 18.1 Å². The van der Waals surface area contributed by atoms with E-state index in [9.17, 15) is 0 Å². The van der Waals surface area contributed by atoms with Gasteiger partial charge in [0.2, 0.25) is 0 Å². The minimum Gasteiger partial charge on any atom is -0.481 e. The van der Waals surface area contributed by atoms with Gasteiger partial charge in [0.1, 0.15) is 12.4 Å². The van der Waals surface area contributed by atoms with Crippen LogP contribution in [-0.2, 0) is 6.54 Å². The zero-order valence-corrected chi connectivity index (χ0v) is 10.5. The average molecular weight is 243 g/mol. The van der Waals surface area contributed by atoms with Crippen LogP contribution in [-0.4, -0.2) is 37.6 Å². The highest BCUT2D eigenvalue weighted by Crippen LogP contribution is 2.17. The molecule has 0 saturated heterocycles. The van der Waals surface area contributed by atoms with Gasteiger partial charge in [0, 0.05) is 25.7 Å². The molecule has 0 saturated carbocycles. The molecule has 1 N–H and O–H groups in total. The molecule has 0 aliphatic carbocycles. The second kappa shape index (κ2) is 5.97. The molecular formula is C14H17N3O. The number of ether oxygens (including phenoxy) is 1. The molecule has 1 aromatic carbocycles. The number of hydrogen-bond donors (Lipinski definition) is 1. The third-order valence-electron chi connectivity index (χ3n) is 2.78. The second-order valence-electron chi connectivity index (χ2n) is 4.08. The van der Waals surface area contributed by atoms with Crippen LogP contribution in [0.1, 0.15) is 5.56 Å². The maximum Gasteiger partial charge on any atom is 0.194 e. The highest BCUT2D eigenvalue weighted by molar-refractivity contribution is 5.81. The van der Waals surface area contributed by atoms with Crippen LogP contribution >= 0.6 is 0 Å². The summed E-state index contributed by atoms with van der Waals surface area (Å²) in [4.78, 5) is 6.48. The van der Waals surface area contributed by atoms with Crippen molar-refractivity contribution in [2.75, 3.05) is 26.7 Å². The molecule has 4 heteroatoms. The molecule has 0 bridgehead atoms. The van der Waals surface area contributed by atoms with Crippen LogP contribution in [0.4, 0.5) is 0 Å². The number of terminal acetylenes is 1. The van der Waals surface area contributed by atoms with Gasteiger partial charge in [0.05, 0.1) is 6.54 Å². The Labute approximate surface area is 108 Å². The number of benzene rings is 1. The van der Waals surface area contributed by atoms with Gasteiger partial charge in [-0.25, -0.2) is 0 Å². The predicted octanol–water partition coefficient (Wildman–Crippen LogP) is 1.09. The standard InChI is InChI=1S/C14H17N3O/c1-3-10-18-13-7-5-4-6-12(13)11-16-14-15-8-9-17(14)2/h1,4-7H,8-11H2,2H3,(H,15,16). The Hall–Kier alpha value is -2.15. The van der Waals surface area contributed by atoms with Crippen molar-refractivity contribution in [1.29, 1.82) is 0 Å². The zero-order chi connectivity index (χ0) is 12.8. The molecular weight excluding hydrogens is 226 g/mol. The van der Waals surface area contributed by atoms with Gasteiger partial charge in [-0.2, -0.15) is 0 Å². The van der Waals surface area contributed by atoms with E-state index in [-0.39, 0.29) is 6.61 Å². The Balaban J connectivity index is 1.98. The summed E-state index contributed by atoms with van der Waals surface area (Å²) in [6.07, 6.45) is 5.20. The van der Waals surface area contributed by atoms with E-state index in [0.29, 0.717) is 6.54 Å². The van der Waals surface area contributed by atoms with Crippen LogP contribution in [0.2, 0.25) is 0 Å². The Morgan fingerprint density at radius 1 is 1.50 bits per heavy atom. The SMILES string of the molecule is C#CCOc1ccccc1CNC1=NCCN1C. The Morgan fingerprint density at radius 2 is 2.33 bits per heavy atom. The first kappa shape index (κ1) is 12.3. The third kappa shape index (κ3) is 2.95. The molecule has 0 unspecified atom stereocenters. The van der Waals surface area contributed by atoms with E-state index in [0.717, 1.165) is 30.4 Å². The smallest absolute Gasteiger partial charge is 0.194 e. The van der Waals surface area contributed by atoms with Crippen molar-refractivity contribution in [2.45, 2.75) is 6.54 Å². The summed E-state index contributed by atoms with van der Waals surface area (Å²) < 4.78 is 5.50. The monoisotopic (exact) mass is 243 g/mol. The van der Waals surface area contributed by atoms with Gasteiger partial charge in [0.25, 0.3) is 0 Å². The number of nitrogens with zero attached hydrogens (tertiary/aromatic N) is 2. The van der Waals surface area contributed by atoms with Gasteiger partial charge < -0.3 is 15.0 Å². The van der Waals surface area contributed by atoms with Crippen LogP contribution in [0, 0.1) is 12.3 Å². The summed E-state index contributed by atoms with van der Waals surface area (Å²) in [7, 11) is 2.03. The van der Waals surface area contributed by atoms with Gasteiger partial charge in [-0.3, -0.25) is 4.99 Å². The largest absolute Gasteiger partial charge is 0.481 e. The van der Waals surface area contributed by atoms with Crippen LogP contribution < -0.4 is 10.1 Å². The van der Waals surface area contributed by atoms with Gasteiger partial charge in [0.15, 0.2) is 5.96 Å². The van der Waals surface area contributed by atoms with E-state index in [1.165, 1.54) is 0 Å². The maximum atomic E-state index is 5.50. The van der Waals surface area contributed by atoms with E-state index in [2.05, 4.69) is 21.1 Å². The maximum absolute atomic E-state index is 5.50. The predicted molar refractivity (Wildman–Crippen MR) is 72.5 cm³/mol. The fourth-order valence-corrected chi connectivity index (χ4v) is 1.81. The lowest BCUT2D eigenvalue weighted by Gasteiger charge is -2.16. The number of rotatable bonds is 4. The van der Waals surface area contributed by atoms with Gasteiger partial charge in [-0.1, -0.05) is 24.1 Å². The normalized spacial score (nSPS) is 14.0. The van der Waals surface area contributed by atoms with Crippen LogP contribution in [0.3, 0.4) is 0 Å². The number of guanidine groups is 1. The summed E-state index contributed by atoms with van der Waals surface area (Å²) >= 11 is 0. The van der Waals surface area contributed by atoms with Crippen LogP contribution in [0.25, 0.3) is 0 Å². The van der Waals surface area contributed by atoms with E-state index in [1.54, 1.807) is 0 Å². The fourth-order valence-electron chi connectivity index (χ4n) is 1.81. The molecule has 18 heavy (non-hydrogen) atoms. The molecule has 1 aliphatic rings. The number of nitrogens with one attached hydrogen (secondary N) is 1. The van der Waals surface area contributed by atoms with Crippen molar-refractivity contribution in [2.24, 2.45) is 4.99 Å². The number of likely N-dealkylation sites (N-methyl/N-ethyl adjacent to an activating group) is 1. The number of para-hydroxylation sites is 1. The van der Waals surface area contributed by atoms with Gasteiger partial charge in [-0.05, 0) is 6.07 Å². The van der Waals surface area contributed by atoms with Crippen molar-refractivity contribution in [3.05, 3.63) is 29.8 Å². The van der Waals surface area contributed by atoms with Gasteiger partial charge >= 0.3 is 0 Å². The molecule has 1 aliphatic heterocycles. The van der Waals surface area contributed by atoms with Gasteiger partial charge in [-0.15, -0.1) is 6.42 Å². The van der Waals surface area contributed by atoms with Crippen molar-refractivity contribution in [3.63, 3.8) is 0 Å². The first-order valence-electron chi connectivity index (χ1n) is 5.95. The average Bonchev–Trinajstić information content (AvgIpc) is 2.80. The molecule has 0 fully saturated rings. The quantitative estimate of drug-likeness (QED) is 0.804. The highest BCUT2D eigenvalue weighted by Gasteiger charge is 2.12. The summed E-state index contributed by atoms with van der Waals surface area (Å²) in [6, 6.07) is 7.87. The van der Waals surface area contributed by atoms with E-state index < -0.39 is 0 Å².